The van der Waals surface area contributed by atoms with Gasteiger partial charge >= 0.3 is 0 Å². The standard InChI is InChI=1S/C19H31N3O2/c1-14(2)22-13-17(11-18(22)19(23)20-8-9-24-4)21-12-16-7-5-6-15(3)10-16/h5-7,10,14,17-18,21H,8-9,11-13H2,1-4H3,(H,20,23)/t17-,18+/m1/s1. The van der Waals surface area contributed by atoms with Crippen molar-refractivity contribution in [1.82, 2.24) is 15.5 Å². The summed E-state index contributed by atoms with van der Waals surface area (Å²) in [5, 5.41) is 6.59. The van der Waals surface area contributed by atoms with Crippen molar-refractivity contribution in [2.24, 2.45) is 0 Å². The largest absolute Gasteiger partial charge is 0.383 e. The van der Waals surface area contributed by atoms with Gasteiger partial charge in [0, 0.05) is 38.8 Å². The Labute approximate surface area is 145 Å². The van der Waals surface area contributed by atoms with Crippen LogP contribution in [-0.4, -0.2) is 55.7 Å². The van der Waals surface area contributed by atoms with Crippen molar-refractivity contribution < 1.29 is 9.53 Å². The Morgan fingerprint density at radius 2 is 2.21 bits per heavy atom. The van der Waals surface area contributed by atoms with Crippen LogP contribution in [0.3, 0.4) is 0 Å². The van der Waals surface area contributed by atoms with Gasteiger partial charge in [-0.1, -0.05) is 29.8 Å². The van der Waals surface area contributed by atoms with Crippen LogP contribution >= 0.6 is 0 Å². The van der Waals surface area contributed by atoms with Crippen LogP contribution in [0, 0.1) is 6.92 Å². The van der Waals surface area contributed by atoms with E-state index < -0.39 is 0 Å². The van der Waals surface area contributed by atoms with Gasteiger partial charge < -0.3 is 15.4 Å². The number of nitrogens with one attached hydrogen (secondary N) is 2. The Kier molecular flexibility index (Phi) is 7.21. The van der Waals surface area contributed by atoms with E-state index in [4.69, 9.17) is 4.74 Å². The van der Waals surface area contributed by atoms with Gasteiger partial charge in [0.15, 0.2) is 0 Å². The van der Waals surface area contributed by atoms with Gasteiger partial charge in [-0.15, -0.1) is 0 Å². The predicted octanol–water partition coefficient (Wildman–Crippen LogP) is 1.70. The van der Waals surface area contributed by atoms with Crippen LogP contribution in [0.4, 0.5) is 0 Å². The summed E-state index contributed by atoms with van der Waals surface area (Å²) < 4.78 is 5.01. The minimum atomic E-state index is -0.0585. The van der Waals surface area contributed by atoms with E-state index in [1.54, 1.807) is 7.11 Å². The SMILES string of the molecule is COCCNC(=O)[C@@H]1C[C@@H](NCc2cccc(C)c2)CN1C(C)C. The number of hydrogen-bond acceptors (Lipinski definition) is 4. The van der Waals surface area contributed by atoms with Crippen LogP contribution in [0.15, 0.2) is 24.3 Å². The van der Waals surface area contributed by atoms with Crippen LogP contribution in [-0.2, 0) is 16.1 Å². The van der Waals surface area contributed by atoms with Crippen LogP contribution in [0.25, 0.3) is 0 Å². The highest BCUT2D eigenvalue weighted by atomic mass is 16.5. The lowest BCUT2D eigenvalue weighted by Gasteiger charge is -2.27. The molecule has 0 radical (unpaired) electrons. The second kappa shape index (κ2) is 9.16. The highest BCUT2D eigenvalue weighted by Gasteiger charge is 2.37. The third kappa shape index (κ3) is 5.30. The monoisotopic (exact) mass is 333 g/mol. The van der Waals surface area contributed by atoms with Crippen LogP contribution < -0.4 is 10.6 Å². The van der Waals surface area contributed by atoms with Gasteiger partial charge in [-0.2, -0.15) is 0 Å². The van der Waals surface area contributed by atoms with Crippen molar-refractivity contribution >= 4 is 5.91 Å². The topological polar surface area (TPSA) is 53.6 Å². The molecule has 2 rings (SSSR count). The molecular weight excluding hydrogens is 302 g/mol. The van der Waals surface area contributed by atoms with Gasteiger partial charge in [0.1, 0.15) is 0 Å². The third-order valence-corrected chi connectivity index (χ3v) is 4.59. The van der Waals surface area contributed by atoms with Gasteiger partial charge in [0.25, 0.3) is 0 Å². The molecule has 0 unspecified atom stereocenters. The summed E-state index contributed by atoms with van der Waals surface area (Å²) in [7, 11) is 1.65. The van der Waals surface area contributed by atoms with Crippen molar-refractivity contribution in [1.29, 1.82) is 0 Å². The smallest absolute Gasteiger partial charge is 0.237 e. The van der Waals surface area contributed by atoms with E-state index in [2.05, 4.69) is 60.6 Å². The number of benzene rings is 1. The molecule has 0 spiro atoms. The molecule has 1 aliphatic heterocycles. The summed E-state index contributed by atoms with van der Waals surface area (Å²) in [6.45, 7) is 9.28. The lowest BCUT2D eigenvalue weighted by Crippen LogP contribution is -2.46. The molecule has 0 aliphatic carbocycles. The van der Waals surface area contributed by atoms with Crippen LogP contribution in [0.5, 0.6) is 0 Å². The molecule has 0 aromatic heterocycles. The van der Waals surface area contributed by atoms with E-state index in [1.807, 2.05) is 0 Å². The van der Waals surface area contributed by atoms with E-state index >= 15 is 0 Å². The summed E-state index contributed by atoms with van der Waals surface area (Å²) in [4.78, 5) is 14.8. The summed E-state index contributed by atoms with van der Waals surface area (Å²) in [5.74, 6) is 0.112. The maximum Gasteiger partial charge on any atom is 0.237 e. The average molecular weight is 333 g/mol. The van der Waals surface area contributed by atoms with Gasteiger partial charge in [-0.25, -0.2) is 0 Å². The normalized spacial score (nSPS) is 21.4. The summed E-state index contributed by atoms with van der Waals surface area (Å²) >= 11 is 0. The number of likely N-dealkylation sites (tertiary alicyclic amines) is 1. The van der Waals surface area contributed by atoms with E-state index in [1.165, 1.54) is 11.1 Å². The molecule has 1 aromatic carbocycles. The number of amides is 1. The molecule has 5 heteroatoms. The first-order valence-electron chi connectivity index (χ1n) is 8.82. The van der Waals surface area contributed by atoms with E-state index in [0.29, 0.717) is 25.2 Å². The molecule has 1 aromatic rings. The summed E-state index contributed by atoms with van der Waals surface area (Å²) in [5.41, 5.74) is 2.57. The number of aryl methyl sites for hydroxylation is 1. The zero-order valence-electron chi connectivity index (χ0n) is 15.3. The fourth-order valence-electron chi connectivity index (χ4n) is 3.32. The number of nitrogens with zero attached hydrogens (tertiary/aromatic N) is 1. The Morgan fingerprint density at radius 1 is 1.42 bits per heavy atom. The molecule has 134 valence electrons. The first-order chi connectivity index (χ1) is 11.5. The average Bonchev–Trinajstić information content (AvgIpc) is 2.98. The molecule has 0 bridgehead atoms. The quantitative estimate of drug-likeness (QED) is 0.711. The van der Waals surface area contributed by atoms with E-state index in [9.17, 15) is 4.79 Å². The predicted molar refractivity (Wildman–Crippen MR) is 96.9 cm³/mol. The van der Waals surface area contributed by atoms with Crippen LogP contribution in [0.1, 0.15) is 31.4 Å². The first kappa shape index (κ1) is 18.9. The molecule has 5 nitrogen and oxygen atoms in total. The number of hydrogen-bond donors (Lipinski definition) is 2. The second-order valence-electron chi connectivity index (χ2n) is 6.89. The third-order valence-electron chi connectivity index (χ3n) is 4.59. The van der Waals surface area contributed by atoms with Crippen molar-refractivity contribution in [2.45, 2.75) is 51.9 Å². The Bertz CT molecular complexity index is 533. The fraction of sp³-hybridized carbons (Fsp3) is 0.632. The molecular formula is C19H31N3O2. The molecule has 2 N–H and O–H groups in total. The van der Waals surface area contributed by atoms with Crippen molar-refractivity contribution in [2.75, 3.05) is 26.8 Å². The highest BCUT2D eigenvalue weighted by Crippen LogP contribution is 2.21. The van der Waals surface area contributed by atoms with Crippen molar-refractivity contribution in [3.05, 3.63) is 35.4 Å². The first-order valence-corrected chi connectivity index (χ1v) is 8.82. The Morgan fingerprint density at radius 3 is 2.88 bits per heavy atom. The van der Waals surface area contributed by atoms with Gasteiger partial charge in [-0.05, 0) is 32.8 Å². The molecule has 1 saturated heterocycles. The maximum atomic E-state index is 12.5. The van der Waals surface area contributed by atoms with E-state index in [-0.39, 0.29) is 11.9 Å². The molecule has 2 atom stereocenters. The summed E-state index contributed by atoms with van der Waals surface area (Å²) in [6, 6.07) is 9.19. The van der Waals surface area contributed by atoms with Gasteiger partial charge in [-0.3, -0.25) is 9.69 Å². The molecule has 1 heterocycles. The minimum absolute atomic E-state index is 0.0585. The zero-order chi connectivity index (χ0) is 17.5. The molecule has 1 aliphatic rings. The lowest BCUT2D eigenvalue weighted by atomic mass is 10.1. The van der Waals surface area contributed by atoms with Crippen molar-refractivity contribution in [3.63, 3.8) is 0 Å². The highest BCUT2D eigenvalue weighted by molar-refractivity contribution is 5.82. The van der Waals surface area contributed by atoms with Crippen LogP contribution in [0.2, 0.25) is 0 Å². The zero-order valence-corrected chi connectivity index (χ0v) is 15.3. The Balaban J connectivity index is 1.90. The number of carbonyl (C=O) groups is 1. The minimum Gasteiger partial charge on any atom is -0.383 e. The molecule has 1 amide bonds. The Hall–Kier alpha value is -1.43. The molecule has 1 fully saturated rings. The second-order valence-corrected chi connectivity index (χ2v) is 6.89. The number of ether oxygens (including phenoxy) is 1. The number of carbonyl (C=O) groups excluding carboxylic acids is 1. The van der Waals surface area contributed by atoms with E-state index in [0.717, 1.165) is 19.5 Å². The van der Waals surface area contributed by atoms with Gasteiger partial charge in [0.2, 0.25) is 5.91 Å². The molecule has 24 heavy (non-hydrogen) atoms. The lowest BCUT2D eigenvalue weighted by molar-refractivity contribution is -0.126. The fourth-order valence-corrected chi connectivity index (χ4v) is 3.32. The maximum absolute atomic E-state index is 12.5. The van der Waals surface area contributed by atoms with Crippen molar-refractivity contribution in [3.8, 4) is 0 Å². The number of methoxy groups -OCH3 is 1. The summed E-state index contributed by atoms with van der Waals surface area (Å²) in [6.07, 6.45) is 0.850. The van der Waals surface area contributed by atoms with Gasteiger partial charge in [0.05, 0.1) is 12.6 Å². The number of rotatable bonds is 8. The molecule has 0 saturated carbocycles.